The lowest BCUT2D eigenvalue weighted by molar-refractivity contribution is -0.0494. The van der Waals surface area contributed by atoms with Crippen molar-refractivity contribution in [2.24, 2.45) is 0 Å². The first-order chi connectivity index (χ1) is 17.3. The molecule has 1 N–H and O–H groups in total. The minimum atomic E-state index is -2.78. The third kappa shape index (κ3) is 6.18. The zero-order valence-corrected chi connectivity index (χ0v) is 21.1. The molecule has 0 unspecified atom stereocenters. The quantitative estimate of drug-likeness (QED) is 0.439. The van der Waals surface area contributed by atoms with Crippen LogP contribution in [0.15, 0.2) is 40.8 Å². The van der Waals surface area contributed by atoms with E-state index in [9.17, 15) is 18.4 Å². The Bertz CT molecular complexity index is 1320. The zero-order valence-electron chi connectivity index (χ0n) is 21.1. The molecule has 0 atom stereocenters. The number of amides is 2. The van der Waals surface area contributed by atoms with Crippen molar-refractivity contribution >= 4 is 23.0 Å². The largest absolute Gasteiger partial charge is 0.493 e. The maximum Gasteiger partial charge on any atom is 0.408 e. The standard InChI is InChI=1S/C27H29F3N2O5/c1-26(2,3)37-25(34)31-15-19-12-18-11-17(14-22(35-4)23(18)36-19)20-6-5-16(13-21(20)28)24(33)32-9-7-27(29,30)8-10-32/h5-6,11-14H,7-10,15H2,1-4H3,(H,31,34). The molecule has 3 aromatic rings. The molecule has 1 aromatic heterocycles. The number of rotatable bonds is 5. The highest BCUT2D eigenvalue weighted by Gasteiger charge is 2.36. The number of nitrogens with zero attached hydrogens (tertiary/aromatic N) is 1. The molecular formula is C27H29F3N2O5. The molecule has 10 heteroatoms. The van der Waals surface area contributed by atoms with Crippen LogP contribution in [0.5, 0.6) is 5.75 Å². The Morgan fingerprint density at radius 2 is 1.81 bits per heavy atom. The van der Waals surface area contributed by atoms with Gasteiger partial charge in [0.1, 0.15) is 17.2 Å². The van der Waals surface area contributed by atoms with Gasteiger partial charge < -0.3 is 24.1 Å². The number of alkyl halides is 2. The number of hydrogen-bond donors (Lipinski definition) is 1. The van der Waals surface area contributed by atoms with Crippen LogP contribution in [-0.4, -0.2) is 48.6 Å². The fraction of sp³-hybridized carbons (Fsp3) is 0.407. The lowest BCUT2D eigenvalue weighted by Gasteiger charge is -2.31. The van der Waals surface area contributed by atoms with Crippen LogP contribution in [0.4, 0.5) is 18.0 Å². The van der Waals surface area contributed by atoms with E-state index in [1.165, 1.54) is 24.1 Å². The topological polar surface area (TPSA) is 81.0 Å². The SMILES string of the molecule is COc1cc(-c2ccc(C(=O)N3CCC(F)(F)CC3)cc2F)cc2cc(CNC(=O)OC(C)(C)C)oc12. The number of carbonyl (C=O) groups is 2. The van der Waals surface area contributed by atoms with E-state index in [0.717, 1.165) is 6.07 Å². The Labute approximate surface area is 212 Å². The number of methoxy groups -OCH3 is 1. The van der Waals surface area contributed by atoms with Crippen molar-refractivity contribution in [1.82, 2.24) is 10.2 Å². The van der Waals surface area contributed by atoms with Gasteiger partial charge in [-0.15, -0.1) is 0 Å². The van der Waals surface area contributed by atoms with Gasteiger partial charge >= 0.3 is 6.09 Å². The summed E-state index contributed by atoms with van der Waals surface area (Å²) in [5, 5.41) is 3.25. The summed E-state index contributed by atoms with van der Waals surface area (Å²) in [6.45, 7) is 5.21. The van der Waals surface area contributed by atoms with E-state index >= 15 is 4.39 Å². The van der Waals surface area contributed by atoms with Crippen LogP contribution in [0, 0.1) is 5.82 Å². The van der Waals surface area contributed by atoms with Crippen molar-refractivity contribution in [3.05, 3.63) is 53.5 Å². The van der Waals surface area contributed by atoms with E-state index in [1.54, 1.807) is 39.0 Å². The van der Waals surface area contributed by atoms with E-state index in [4.69, 9.17) is 13.9 Å². The minimum Gasteiger partial charge on any atom is -0.493 e. The van der Waals surface area contributed by atoms with Crippen LogP contribution in [-0.2, 0) is 11.3 Å². The molecule has 0 aliphatic carbocycles. The highest BCUT2D eigenvalue weighted by molar-refractivity contribution is 5.95. The van der Waals surface area contributed by atoms with Gasteiger partial charge in [-0.2, -0.15) is 0 Å². The highest BCUT2D eigenvalue weighted by Crippen LogP contribution is 2.36. The maximum atomic E-state index is 15.2. The summed E-state index contributed by atoms with van der Waals surface area (Å²) < 4.78 is 58.5. The predicted octanol–water partition coefficient (Wildman–Crippen LogP) is 6.14. The summed E-state index contributed by atoms with van der Waals surface area (Å²) in [5.74, 6) is -3.08. The molecule has 2 heterocycles. The summed E-state index contributed by atoms with van der Waals surface area (Å²) in [6.07, 6.45) is -1.39. The Balaban J connectivity index is 1.55. The van der Waals surface area contributed by atoms with Gasteiger partial charge in [0, 0.05) is 42.4 Å². The van der Waals surface area contributed by atoms with Gasteiger partial charge in [0.25, 0.3) is 11.8 Å². The number of carbonyl (C=O) groups excluding carboxylic acids is 2. The average Bonchev–Trinajstić information content (AvgIpc) is 3.23. The second-order valence-corrected chi connectivity index (χ2v) is 10.0. The number of halogens is 3. The number of furan rings is 1. The van der Waals surface area contributed by atoms with Crippen molar-refractivity contribution in [3.8, 4) is 16.9 Å². The van der Waals surface area contributed by atoms with Crippen LogP contribution < -0.4 is 10.1 Å². The molecule has 1 aliphatic heterocycles. The van der Waals surface area contributed by atoms with Crippen LogP contribution in [0.25, 0.3) is 22.1 Å². The lowest BCUT2D eigenvalue weighted by Crippen LogP contribution is -2.42. The van der Waals surface area contributed by atoms with Crippen LogP contribution in [0.1, 0.15) is 49.7 Å². The van der Waals surface area contributed by atoms with E-state index in [2.05, 4.69) is 5.32 Å². The number of alkyl carbamates (subject to hydrolysis) is 1. The third-order valence-corrected chi connectivity index (χ3v) is 5.97. The summed E-state index contributed by atoms with van der Waals surface area (Å²) in [7, 11) is 1.46. The molecule has 0 bridgehead atoms. The van der Waals surface area contributed by atoms with Gasteiger partial charge in [0.05, 0.1) is 13.7 Å². The molecule has 0 saturated carbocycles. The molecule has 0 radical (unpaired) electrons. The lowest BCUT2D eigenvalue weighted by atomic mass is 10.00. The monoisotopic (exact) mass is 518 g/mol. The smallest absolute Gasteiger partial charge is 0.408 e. The summed E-state index contributed by atoms with van der Waals surface area (Å²) >= 11 is 0. The molecule has 2 aromatic carbocycles. The van der Waals surface area contributed by atoms with E-state index in [0.29, 0.717) is 28.0 Å². The number of hydrogen-bond acceptors (Lipinski definition) is 5. The molecule has 0 spiro atoms. The Morgan fingerprint density at radius 3 is 2.43 bits per heavy atom. The highest BCUT2D eigenvalue weighted by atomic mass is 19.3. The fourth-order valence-electron chi connectivity index (χ4n) is 4.14. The molecule has 4 rings (SSSR count). The Morgan fingerprint density at radius 1 is 1.11 bits per heavy atom. The number of nitrogens with one attached hydrogen (secondary N) is 1. The second kappa shape index (κ2) is 9.99. The second-order valence-electron chi connectivity index (χ2n) is 10.0. The van der Waals surface area contributed by atoms with Crippen LogP contribution in [0.3, 0.4) is 0 Å². The van der Waals surface area contributed by atoms with Gasteiger partial charge in [-0.05, 0) is 56.7 Å². The average molecular weight is 519 g/mol. The van der Waals surface area contributed by atoms with Gasteiger partial charge in [0.2, 0.25) is 0 Å². The number of ether oxygens (including phenoxy) is 2. The van der Waals surface area contributed by atoms with Gasteiger partial charge in [-0.1, -0.05) is 6.07 Å². The fourth-order valence-corrected chi connectivity index (χ4v) is 4.14. The number of benzene rings is 2. The molecule has 1 fully saturated rings. The summed E-state index contributed by atoms with van der Waals surface area (Å²) in [4.78, 5) is 26.0. The number of piperidine rings is 1. The van der Waals surface area contributed by atoms with Gasteiger partial charge in [-0.3, -0.25) is 4.79 Å². The number of likely N-dealkylation sites (tertiary alicyclic amines) is 1. The maximum absolute atomic E-state index is 15.2. The van der Waals surface area contributed by atoms with E-state index in [-0.39, 0.29) is 30.8 Å². The van der Waals surface area contributed by atoms with Crippen molar-refractivity contribution in [1.29, 1.82) is 0 Å². The van der Waals surface area contributed by atoms with Gasteiger partial charge in [0.15, 0.2) is 11.3 Å². The van der Waals surface area contributed by atoms with Crippen LogP contribution in [0.2, 0.25) is 0 Å². The molecule has 1 aliphatic rings. The first kappa shape index (κ1) is 26.4. The molecular weight excluding hydrogens is 489 g/mol. The van der Waals surface area contributed by atoms with Gasteiger partial charge in [-0.25, -0.2) is 18.0 Å². The third-order valence-electron chi connectivity index (χ3n) is 5.97. The van der Waals surface area contributed by atoms with Crippen LogP contribution >= 0.6 is 0 Å². The molecule has 7 nitrogen and oxygen atoms in total. The Hall–Kier alpha value is -3.69. The number of fused-ring (bicyclic) bond motifs is 1. The van der Waals surface area contributed by atoms with E-state index in [1.807, 2.05) is 0 Å². The normalized spacial score (nSPS) is 15.5. The first-order valence-electron chi connectivity index (χ1n) is 11.9. The summed E-state index contributed by atoms with van der Waals surface area (Å²) in [6, 6.07) is 9.12. The molecule has 198 valence electrons. The molecule has 37 heavy (non-hydrogen) atoms. The Kier molecular flexibility index (Phi) is 7.12. The van der Waals surface area contributed by atoms with E-state index < -0.39 is 42.2 Å². The first-order valence-corrected chi connectivity index (χ1v) is 11.9. The molecule has 2 amide bonds. The van der Waals surface area contributed by atoms with Crippen molar-refractivity contribution in [2.75, 3.05) is 20.2 Å². The van der Waals surface area contributed by atoms with Crippen molar-refractivity contribution < 1.29 is 36.7 Å². The summed E-state index contributed by atoms with van der Waals surface area (Å²) in [5.41, 5.74) is 0.616. The van der Waals surface area contributed by atoms with Crippen molar-refractivity contribution in [3.63, 3.8) is 0 Å². The zero-order chi connectivity index (χ0) is 27.0. The minimum absolute atomic E-state index is 0.0747. The predicted molar refractivity (Wildman–Crippen MR) is 131 cm³/mol. The molecule has 1 saturated heterocycles. The van der Waals surface area contributed by atoms with Crippen molar-refractivity contribution in [2.45, 2.75) is 51.7 Å².